The van der Waals surface area contributed by atoms with Crippen molar-refractivity contribution in [1.29, 1.82) is 0 Å². The molecule has 2 N–H and O–H groups in total. The normalized spacial score (nSPS) is 31.6. The molecule has 0 aromatic heterocycles. The number of allylic oxidation sites excluding steroid dienone is 1. The highest BCUT2D eigenvalue weighted by molar-refractivity contribution is 6.00. The number of likely N-dealkylation sites (tertiary alicyclic amines) is 1. The number of cyclic esters (lactones) is 1. The Hall–Kier alpha value is -3.50. The minimum Gasteiger partial charge on any atom is -0.463 e. The predicted molar refractivity (Wildman–Crippen MR) is 177 cm³/mol. The van der Waals surface area contributed by atoms with Crippen molar-refractivity contribution in [3.63, 3.8) is 0 Å². The third kappa shape index (κ3) is 6.64. The second-order valence-corrected chi connectivity index (χ2v) is 15.6. The first-order valence-electron chi connectivity index (χ1n) is 16.9. The van der Waals surface area contributed by atoms with E-state index in [-0.39, 0.29) is 49.3 Å². The smallest absolute Gasteiger partial charge is 0.306 e. The van der Waals surface area contributed by atoms with Gasteiger partial charge in [0.05, 0.1) is 36.6 Å². The van der Waals surface area contributed by atoms with Crippen molar-refractivity contribution in [2.45, 2.75) is 103 Å². The molecular formula is C37H51N3O7. The molecule has 1 spiro atoms. The molecule has 7 atom stereocenters. The van der Waals surface area contributed by atoms with E-state index in [1.807, 2.05) is 70.2 Å². The van der Waals surface area contributed by atoms with Gasteiger partial charge >= 0.3 is 5.97 Å². The first-order valence-corrected chi connectivity index (χ1v) is 16.9. The van der Waals surface area contributed by atoms with Gasteiger partial charge in [0.2, 0.25) is 17.7 Å². The second-order valence-electron chi connectivity index (χ2n) is 15.6. The first kappa shape index (κ1) is 34.8. The lowest BCUT2D eigenvalue weighted by molar-refractivity contribution is -0.155. The van der Waals surface area contributed by atoms with Gasteiger partial charge in [-0.1, -0.05) is 89.3 Å². The van der Waals surface area contributed by atoms with Gasteiger partial charge in [0, 0.05) is 18.5 Å². The molecule has 5 rings (SSSR count). The molecule has 5 bridgehead atoms. The molecule has 10 nitrogen and oxygen atoms in total. The maximum Gasteiger partial charge on any atom is 0.306 e. The molecule has 0 aliphatic carbocycles. The molecule has 2 saturated heterocycles. The molecule has 10 heteroatoms. The van der Waals surface area contributed by atoms with Crippen LogP contribution in [0.3, 0.4) is 0 Å². The SMILES string of the molecule is CC(C)[C@H](CO)N1C(=O)[C@@H]2[C@H]3C(=O)N[C@@H](c4ccccc4)COC(=O)CC/C=C\CN(C(C)(C)CC(C)(C)C)C(=O)[C@@H]1[C@]21C=C[C@H]3O1. The van der Waals surface area contributed by atoms with E-state index in [4.69, 9.17) is 9.47 Å². The summed E-state index contributed by atoms with van der Waals surface area (Å²) < 4.78 is 12.3. The Bertz CT molecular complexity index is 1410. The topological polar surface area (TPSA) is 125 Å². The number of aliphatic hydroxyl groups excluding tert-OH is 1. The standard InChI is InChI=1S/C37H51N3O7/c1-23(2)26(20-41)40-31-34(45)39(36(6,7)22-35(3,4)5)19-13-9-12-16-28(42)46-21-25(24-14-10-8-11-15-24)38-32(43)29-27-17-18-37(31,47-27)30(29)33(40)44/h8-11,13-15,17-18,23,25-27,29-31,41H,12,16,19-22H2,1-7H3,(H,38,43)/b13-9-/t25-,26+,27-,29+,30+,31-,37+/m1/s1. The van der Waals surface area contributed by atoms with Gasteiger partial charge in [0.25, 0.3) is 0 Å². The molecule has 256 valence electrons. The zero-order chi connectivity index (χ0) is 34.3. The van der Waals surface area contributed by atoms with Gasteiger partial charge < -0.3 is 29.7 Å². The Morgan fingerprint density at radius 3 is 2.36 bits per heavy atom. The van der Waals surface area contributed by atoms with Crippen molar-refractivity contribution < 1.29 is 33.8 Å². The zero-order valence-electron chi connectivity index (χ0n) is 28.8. The average Bonchev–Trinajstić information content (AvgIpc) is 3.63. The highest BCUT2D eigenvalue weighted by Crippen LogP contribution is 2.56. The zero-order valence-corrected chi connectivity index (χ0v) is 28.8. The number of rotatable bonds is 6. The van der Waals surface area contributed by atoms with E-state index < -0.39 is 59.1 Å². The van der Waals surface area contributed by atoms with Crippen LogP contribution in [0.1, 0.15) is 79.3 Å². The van der Waals surface area contributed by atoms with Gasteiger partial charge in [-0.2, -0.15) is 0 Å². The summed E-state index contributed by atoms with van der Waals surface area (Å²) in [7, 11) is 0. The molecule has 4 heterocycles. The van der Waals surface area contributed by atoms with E-state index in [1.165, 1.54) is 4.90 Å². The van der Waals surface area contributed by atoms with Crippen molar-refractivity contribution >= 4 is 23.7 Å². The summed E-state index contributed by atoms with van der Waals surface area (Å²) in [5.41, 5.74) is -1.39. The van der Waals surface area contributed by atoms with E-state index in [9.17, 15) is 19.5 Å². The van der Waals surface area contributed by atoms with Crippen LogP contribution >= 0.6 is 0 Å². The van der Waals surface area contributed by atoms with Gasteiger partial charge in [0.15, 0.2) is 0 Å². The number of amides is 3. The van der Waals surface area contributed by atoms with Gasteiger partial charge in [-0.3, -0.25) is 19.2 Å². The maximum atomic E-state index is 15.2. The molecule has 2 fully saturated rings. The Morgan fingerprint density at radius 1 is 1.02 bits per heavy atom. The van der Waals surface area contributed by atoms with E-state index in [0.717, 1.165) is 5.56 Å². The van der Waals surface area contributed by atoms with E-state index in [2.05, 4.69) is 26.1 Å². The lowest BCUT2D eigenvalue weighted by atomic mass is 9.73. The number of carbonyl (C=O) groups is 4. The van der Waals surface area contributed by atoms with Crippen LogP contribution in [0, 0.1) is 23.2 Å². The Balaban J connectivity index is 1.63. The average molecular weight is 650 g/mol. The Labute approximate surface area is 278 Å². The molecule has 1 aromatic rings. The fraction of sp³-hybridized carbons (Fsp3) is 0.622. The van der Waals surface area contributed by atoms with E-state index >= 15 is 4.79 Å². The molecule has 47 heavy (non-hydrogen) atoms. The van der Waals surface area contributed by atoms with Crippen LogP contribution < -0.4 is 5.32 Å². The van der Waals surface area contributed by atoms with Crippen LogP contribution in [-0.2, 0) is 28.7 Å². The molecule has 0 unspecified atom stereocenters. The molecular weight excluding hydrogens is 598 g/mol. The molecule has 3 amide bonds. The van der Waals surface area contributed by atoms with E-state index in [1.54, 1.807) is 17.1 Å². The summed E-state index contributed by atoms with van der Waals surface area (Å²) in [5.74, 6) is -3.56. The Kier molecular flexibility index (Phi) is 9.77. The second kappa shape index (κ2) is 13.2. The van der Waals surface area contributed by atoms with Gasteiger partial charge in [0.1, 0.15) is 18.2 Å². The number of aliphatic hydroxyl groups is 1. The number of hydrogen-bond donors (Lipinski definition) is 2. The number of nitrogens with one attached hydrogen (secondary N) is 1. The number of hydrogen-bond acceptors (Lipinski definition) is 7. The molecule has 4 aliphatic heterocycles. The van der Waals surface area contributed by atoms with Crippen LogP contribution in [0.5, 0.6) is 0 Å². The number of esters is 1. The number of ether oxygens (including phenoxy) is 2. The van der Waals surface area contributed by atoms with Crippen molar-refractivity contribution in [3.8, 4) is 0 Å². The minimum absolute atomic E-state index is 0.0713. The molecule has 0 saturated carbocycles. The minimum atomic E-state index is -1.38. The maximum absolute atomic E-state index is 15.2. The highest BCUT2D eigenvalue weighted by Gasteiger charge is 2.74. The molecule has 0 radical (unpaired) electrons. The van der Waals surface area contributed by atoms with Gasteiger partial charge in [-0.25, -0.2) is 0 Å². The number of carbonyl (C=O) groups excluding carboxylic acids is 4. The van der Waals surface area contributed by atoms with Gasteiger partial charge in [-0.15, -0.1) is 0 Å². The lowest BCUT2D eigenvalue weighted by Crippen LogP contribution is -2.63. The summed E-state index contributed by atoms with van der Waals surface area (Å²) in [6, 6.07) is 6.84. The summed E-state index contributed by atoms with van der Waals surface area (Å²) in [6.07, 6.45) is 7.87. The number of nitrogens with zero attached hydrogens (tertiary/aromatic N) is 2. The quantitative estimate of drug-likeness (QED) is 0.353. The Morgan fingerprint density at radius 2 is 1.72 bits per heavy atom. The van der Waals surface area contributed by atoms with E-state index in [0.29, 0.717) is 12.8 Å². The summed E-state index contributed by atoms with van der Waals surface area (Å²) >= 11 is 0. The predicted octanol–water partition coefficient (Wildman–Crippen LogP) is 3.95. The van der Waals surface area contributed by atoms with Crippen molar-refractivity contribution in [1.82, 2.24) is 15.1 Å². The summed E-state index contributed by atoms with van der Waals surface area (Å²) in [5, 5.41) is 13.7. The third-order valence-corrected chi connectivity index (χ3v) is 10.0. The fourth-order valence-electron chi connectivity index (χ4n) is 8.26. The van der Waals surface area contributed by atoms with Crippen LogP contribution in [0.25, 0.3) is 0 Å². The number of fused-ring (bicyclic) bond motifs is 2. The molecule has 1 aromatic carbocycles. The van der Waals surface area contributed by atoms with Crippen molar-refractivity contribution in [2.24, 2.45) is 23.2 Å². The van der Waals surface area contributed by atoms with Crippen molar-refractivity contribution in [2.75, 3.05) is 19.8 Å². The monoisotopic (exact) mass is 649 g/mol. The first-order chi connectivity index (χ1) is 22.1. The van der Waals surface area contributed by atoms with Crippen LogP contribution in [-0.4, -0.2) is 87.7 Å². The van der Waals surface area contributed by atoms with Crippen LogP contribution in [0.15, 0.2) is 54.6 Å². The fourth-order valence-corrected chi connectivity index (χ4v) is 8.26. The summed E-state index contributed by atoms with van der Waals surface area (Å²) in [4.78, 5) is 60.1. The summed E-state index contributed by atoms with van der Waals surface area (Å²) in [6.45, 7) is 14.1. The van der Waals surface area contributed by atoms with Crippen LogP contribution in [0.4, 0.5) is 0 Å². The highest BCUT2D eigenvalue weighted by atomic mass is 16.5. The largest absolute Gasteiger partial charge is 0.463 e. The van der Waals surface area contributed by atoms with Crippen molar-refractivity contribution in [3.05, 3.63) is 60.2 Å². The third-order valence-electron chi connectivity index (χ3n) is 10.0. The van der Waals surface area contributed by atoms with Crippen LogP contribution in [0.2, 0.25) is 0 Å². The van der Waals surface area contributed by atoms with Gasteiger partial charge in [-0.05, 0) is 43.6 Å². The molecule has 4 aliphatic rings. The number of benzene rings is 1. The lowest BCUT2D eigenvalue weighted by Gasteiger charge is -2.46.